The van der Waals surface area contributed by atoms with Gasteiger partial charge in [0.15, 0.2) is 0 Å². The van der Waals surface area contributed by atoms with Crippen molar-refractivity contribution in [3.63, 3.8) is 0 Å². The molecule has 1 N–H and O–H groups in total. The van der Waals surface area contributed by atoms with E-state index in [1.807, 2.05) is 37.3 Å². The molecule has 28 heavy (non-hydrogen) atoms. The summed E-state index contributed by atoms with van der Waals surface area (Å²) in [5.74, 6) is 0.323. The number of benzene rings is 2. The van der Waals surface area contributed by atoms with Crippen LogP contribution in [0.4, 0.5) is 0 Å². The molecule has 0 aliphatic heterocycles. The first-order valence-corrected chi connectivity index (χ1v) is 10.6. The van der Waals surface area contributed by atoms with Gasteiger partial charge in [-0.15, -0.1) is 38.2 Å². The molecule has 1 nitrogen and oxygen atoms in total. The molecule has 5 heteroatoms. The molecule has 0 amide bonds. The van der Waals surface area contributed by atoms with E-state index >= 15 is 0 Å². The quantitative estimate of drug-likeness (QED) is 0.339. The molecule has 3 rings (SSSR count). The van der Waals surface area contributed by atoms with Crippen molar-refractivity contribution in [3.05, 3.63) is 76.9 Å². The van der Waals surface area contributed by atoms with Gasteiger partial charge >= 0.3 is 0 Å². The van der Waals surface area contributed by atoms with E-state index in [1.165, 1.54) is 16.7 Å². The first kappa shape index (κ1) is 31.9. The Hall–Kier alpha value is -0.769. The molecule has 0 unspecified atom stereocenters. The maximum absolute atomic E-state index is 9.46. The van der Waals surface area contributed by atoms with Crippen molar-refractivity contribution in [2.24, 2.45) is 0 Å². The molecule has 2 aromatic rings. The Bertz CT molecular complexity index is 718. The van der Waals surface area contributed by atoms with Crippen LogP contribution in [0.2, 0.25) is 13.1 Å². The molecule has 1 aliphatic rings. The van der Waals surface area contributed by atoms with E-state index in [2.05, 4.69) is 46.0 Å². The molecule has 0 spiro atoms. The molecular weight excluding hydrogens is 439 g/mol. The number of halogens is 2. The van der Waals surface area contributed by atoms with E-state index < -0.39 is 0 Å². The Morgan fingerprint density at radius 3 is 1.75 bits per heavy atom. The van der Waals surface area contributed by atoms with E-state index in [1.54, 1.807) is 12.1 Å². The summed E-state index contributed by atoms with van der Waals surface area (Å²) in [6.07, 6.45) is 4.31. The monoisotopic (exact) mass is 469 g/mol. The second-order valence-electron chi connectivity index (χ2n) is 6.31. The Kier molecular flexibility index (Phi) is 19.5. The average Bonchev–Trinajstić information content (AvgIpc) is 2.87. The third-order valence-corrected chi connectivity index (χ3v) is 3.99. The standard InChI is InChI=1S/C13H12O.C8H11.C2H6Si.2ClH.Ti/c1-10-7-12(9-13(14)8-10)11-5-3-2-4-6-11;1-6-4-5-7(2)8(6)3;1-3-2;;;/h2-9,14H,1H3;4H2,1-3H3;1-2H3;2*1H;/q;-1;;;;. The Balaban J connectivity index is -0.000000388. The largest absolute Gasteiger partial charge is 0.508 e. The van der Waals surface area contributed by atoms with E-state index in [4.69, 9.17) is 0 Å². The molecular formula is C23H31Cl2OSiTi-. The maximum Gasteiger partial charge on any atom is 0.116 e. The molecule has 0 saturated heterocycles. The number of allylic oxidation sites excluding steroid dienone is 4. The molecule has 2 aromatic carbocycles. The van der Waals surface area contributed by atoms with Crippen LogP contribution >= 0.6 is 24.8 Å². The van der Waals surface area contributed by atoms with Gasteiger partial charge in [-0.3, -0.25) is 6.08 Å². The van der Waals surface area contributed by atoms with Gasteiger partial charge in [-0.1, -0.05) is 63.3 Å². The van der Waals surface area contributed by atoms with Crippen molar-refractivity contribution in [3.8, 4) is 16.9 Å². The first-order chi connectivity index (χ1) is 11.9. The van der Waals surface area contributed by atoms with E-state index in [0.29, 0.717) is 5.75 Å². The topological polar surface area (TPSA) is 20.2 Å². The van der Waals surface area contributed by atoms with Crippen molar-refractivity contribution in [1.82, 2.24) is 0 Å². The van der Waals surface area contributed by atoms with Crippen molar-refractivity contribution < 1.29 is 26.8 Å². The van der Waals surface area contributed by atoms with Crippen molar-refractivity contribution in [2.45, 2.75) is 47.2 Å². The van der Waals surface area contributed by atoms with Gasteiger partial charge in [-0.05, 0) is 35.7 Å². The van der Waals surface area contributed by atoms with Crippen LogP contribution in [0.5, 0.6) is 5.75 Å². The molecule has 0 saturated carbocycles. The average molecular weight is 470 g/mol. The minimum atomic E-state index is 0. The number of aryl methyl sites for hydroxylation is 1. The smallest absolute Gasteiger partial charge is 0.116 e. The number of hydrogen-bond donors (Lipinski definition) is 1. The molecule has 152 valence electrons. The van der Waals surface area contributed by atoms with Gasteiger partial charge in [0.2, 0.25) is 0 Å². The minimum absolute atomic E-state index is 0. The SMILES string of the molecule is CC1=[C-]CC(C)=C1C.C[Si]C.Cc1cc(O)cc(-c2ccccc2)c1.Cl.Cl.[Ti]. The number of aromatic hydroxyl groups is 1. The number of rotatable bonds is 1. The van der Waals surface area contributed by atoms with Crippen molar-refractivity contribution >= 4 is 34.3 Å². The maximum atomic E-state index is 9.46. The van der Waals surface area contributed by atoms with Crippen LogP contribution in [-0.2, 0) is 21.7 Å². The van der Waals surface area contributed by atoms with Crippen LogP contribution in [-0.4, -0.2) is 14.6 Å². The summed E-state index contributed by atoms with van der Waals surface area (Å²) in [6, 6.07) is 15.6. The molecule has 2 radical (unpaired) electrons. The van der Waals surface area contributed by atoms with Gasteiger partial charge in [0.1, 0.15) is 5.75 Å². The number of phenols is 1. The third kappa shape index (κ3) is 11.3. The van der Waals surface area contributed by atoms with E-state index in [0.717, 1.165) is 32.6 Å². The van der Waals surface area contributed by atoms with Gasteiger partial charge in [-0.2, -0.15) is 11.1 Å². The second kappa shape index (κ2) is 17.1. The second-order valence-corrected chi connectivity index (χ2v) is 7.31. The fourth-order valence-electron chi connectivity index (χ4n) is 2.41. The van der Waals surface area contributed by atoms with Crippen molar-refractivity contribution in [2.75, 3.05) is 0 Å². The number of hydrogen-bond acceptors (Lipinski definition) is 1. The van der Waals surface area contributed by atoms with Gasteiger partial charge in [0, 0.05) is 31.2 Å². The summed E-state index contributed by atoms with van der Waals surface area (Å²) in [7, 11) is 1.08. The van der Waals surface area contributed by atoms with E-state index in [9.17, 15) is 5.11 Å². The Labute approximate surface area is 201 Å². The molecule has 0 heterocycles. The molecule has 0 fully saturated rings. The van der Waals surface area contributed by atoms with Gasteiger partial charge in [0.25, 0.3) is 0 Å². The molecule has 1 aliphatic carbocycles. The van der Waals surface area contributed by atoms with Crippen LogP contribution in [0.25, 0.3) is 11.1 Å². The van der Waals surface area contributed by atoms with Crippen LogP contribution in [0, 0.1) is 13.0 Å². The summed E-state index contributed by atoms with van der Waals surface area (Å²) in [6.45, 7) is 12.7. The van der Waals surface area contributed by atoms with Crippen LogP contribution < -0.4 is 0 Å². The summed E-state index contributed by atoms with van der Waals surface area (Å²) in [5, 5.41) is 9.46. The molecule has 0 bridgehead atoms. The summed E-state index contributed by atoms with van der Waals surface area (Å²) in [5.41, 5.74) is 7.51. The minimum Gasteiger partial charge on any atom is -0.508 e. The van der Waals surface area contributed by atoms with E-state index in [-0.39, 0.29) is 46.5 Å². The van der Waals surface area contributed by atoms with Gasteiger partial charge < -0.3 is 5.11 Å². The molecule has 0 atom stereocenters. The zero-order valence-electron chi connectivity index (χ0n) is 17.6. The fraction of sp³-hybridized carbons (Fsp3) is 0.304. The van der Waals surface area contributed by atoms with Gasteiger partial charge in [-0.25, -0.2) is 5.57 Å². The van der Waals surface area contributed by atoms with Crippen LogP contribution in [0.15, 0.2) is 65.3 Å². The third-order valence-electron chi connectivity index (χ3n) is 3.99. The predicted octanol–water partition coefficient (Wildman–Crippen LogP) is 7.47. The van der Waals surface area contributed by atoms with Crippen LogP contribution in [0.3, 0.4) is 0 Å². The fourth-order valence-corrected chi connectivity index (χ4v) is 2.41. The summed E-state index contributed by atoms with van der Waals surface area (Å²) < 4.78 is 0. The van der Waals surface area contributed by atoms with Gasteiger partial charge in [0.05, 0.1) is 0 Å². The van der Waals surface area contributed by atoms with Crippen molar-refractivity contribution in [1.29, 1.82) is 0 Å². The van der Waals surface area contributed by atoms with Crippen LogP contribution in [0.1, 0.15) is 32.8 Å². The number of phenolic OH excluding ortho intramolecular Hbond substituents is 1. The summed E-state index contributed by atoms with van der Waals surface area (Å²) in [4.78, 5) is 0. The zero-order chi connectivity index (χ0) is 18.8. The zero-order valence-corrected chi connectivity index (χ0v) is 21.8. The summed E-state index contributed by atoms with van der Waals surface area (Å²) >= 11 is 0. The molecule has 0 aromatic heterocycles. The normalized spacial score (nSPS) is 11.3. The first-order valence-electron chi connectivity index (χ1n) is 8.57. The Morgan fingerprint density at radius 1 is 0.857 bits per heavy atom. The predicted molar refractivity (Wildman–Crippen MR) is 126 cm³/mol. The Morgan fingerprint density at radius 2 is 1.39 bits per heavy atom.